The molecule has 0 aromatic carbocycles. The number of thiol groups is 1. The van der Waals surface area contributed by atoms with Crippen molar-refractivity contribution in [3.8, 4) is 0 Å². The SMILES string of the molecule is CNC(=O)OCCS. The Bertz CT molecular complexity index is 76.4. The lowest BCUT2D eigenvalue weighted by molar-refractivity contribution is 0.155. The highest BCUT2D eigenvalue weighted by Gasteiger charge is 1.92. The van der Waals surface area contributed by atoms with Gasteiger partial charge < -0.3 is 10.1 Å². The van der Waals surface area contributed by atoms with Gasteiger partial charge in [-0.1, -0.05) is 0 Å². The number of carbonyl (C=O) groups excluding carboxylic acids is 1. The average molecular weight is 135 g/mol. The molecule has 0 atom stereocenters. The Balaban J connectivity index is 2.99. The first-order valence-corrected chi connectivity index (χ1v) is 2.90. The highest BCUT2D eigenvalue weighted by Crippen LogP contribution is 1.77. The first-order chi connectivity index (χ1) is 3.81. The Morgan fingerprint density at radius 2 is 2.50 bits per heavy atom. The zero-order valence-electron chi connectivity index (χ0n) is 4.68. The third kappa shape index (κ3) is 3.80. The van der Waals surface area contributed by atoms with Crippen molar-refractivity contribution in [2.24, 2.45) is 0 Å². The van der Waals surface area contributed by atoms with Gasteiger partial charge in [-0.2, -0.15) is 12.6 Å². The Hall–Kier alpha value is -0.380. The third-order valence-electron chi connectivity index (χ3n) is 0.529. The molecule has 1 N–H and O–H groups in total. The maximum atomic E-state index is 10.2. The van der Waals surface area contributed by atoms with E-state index in [4.69, 9.17) is 0 Å². The summed E-state index contributed by atoms with van der Waals surface area (Å²) in [6.07, 6.45) is -0.404. The highest BCUT2D eigenvalue weighted by molar-refractivity contribution is 7.80. The van der Waals surface area contributed by atoms with E-state index in [0.29, 0.717) is 12.4 Å². The highest BCUT2D eigenvalue weighted by atomic mass is 32.1. The monoisotopic (exact) mass is 135 g/mol. The normalized spacial score (nSPS) is 8.25. The van der Waals surface area contributed by atoms with Gasteiger partial charge in [-0.05, 0) is 0 Å². The summed E-state index contributed by atoms with van der Waals surface area (Å²) in [5.41, 5.74) is 0. The van der Waals surface area contributed by atoms with Crippen LogP contribution in [0.15, 0.2) is 0 Å². The van der Waals surface area contributed by atoms with Gasteiger partial charge in [0, 0.05) is 12.8 Å². The number of rotatable bonds is 2. The molecule has 0 aromatic rings. The summed E-state index contributed by atoms with van der Waals surface area (Å²) in [5.74, 6) is 0.563. The molecule has 0 radical (unpaired) electrons. The third-order valence-corrected chi connectivity index (χ3v) is 0.711. The van der Waals surface area contributed by atoms with E-state index in [2.05, 4.69) is 22.7 Å². The van der Waals surface area contributed by atoms with Crippen molar-refractivity contribution >= 4 is 18.7 Å². The number of nitrogens with one attached hydrogen (secondary N) is 1. The van der Waals surface area contributed by atoms with E-state index >= 15 is 0 Å². The maximum absolute atomic E-state index is 10.2. The lowest BCUT2D eigenvalue weighted by atomic mass is 10.8. The van der Waals surface area contributed by atoms with Gasteiger partial charge >= 0.3 is 6.09 Å². The van der Waals surface area contributed by atoms with Crippen LogP contribution in [0.1, 0.15) is 0 Å². The van der Waals surface area contributed by atoms with Crippen LogP contribution >= 0.6 is 12.6 Å². The van der Waals surface area contributed by atoms with Crippen molar-refractivity contribution in [3.63, 3.8) is 0 Å². The summed E-state index contributed by atoms with van der Waals surface area (Å²) in [5, 5.41) is 2.30. The number of amides is 1. The minimum absolute atomic E-state index is 0.364. The van der Waals surface area contributed by atoms with Crippen molar-refractivity contribution < 1.29 is 9.53 Å². The Kier molecular flexibility index (Phi) is 4.54. The van der Waals surface area contributed by atoms with Gasteiger partial charge in [0.05, 0.1) is 0 Å². The van der Waals surface area contributed by atoms with Gasteiger partial charge in [0.1, 0.15) is 6.61 Å². The molecule has 0 saturated heterocycles. The van der Waals surface area contributed by atoms with Gasteiger partial charge in [0.25, 0.3) is 0 Å². The Labute approximate surface area is 53.8 Å². The molecule has 0 aliphatic heterocycles. The minimum atomic E-state index is -0.404. The van der Waals surface area contributed by atoms with E-state index in [-0.39, 0.29) is 0 Å². The molecule has 0 rings (SSSR count). The van der Waals surface area contributed by atoms with E-state index < -0.39 is 6.09 Å². The van der Waals surface area contributed by atoms with Crippen LogP contribution < -0.4 is 5.32 Å². The second-order valence-corrected chi connectivity index (χ2v) is 1.56. The fourth-order valence-electron chi connectivity index (χ4n) is 0.211. The number of alkyl carbamates (subject to hydrolysis) is 1. The molecule has 48 valence electrons. The smallest absolute Gasteiger partial charge is 0.406 e. The molecule has 0 aliphatic carbocycles. The summed E-state index contributed by atoms with van der Waals surface area (Å²) < 4.78 is 4.51. The van der Waals surface area contributed by atoms with Gasteiger partial charge in [-0.15, -0.1) is 0 Å². The molecule has 8 heavy (non-hydrogen) atoms. The summed E-state index contributed by atoms with van der Waals surface area (Å²) in [6.45, 7) is 0.364. The lowest BCUT2D eigenvalue weighted by Crippen LogP contribution is -2.19. The summed E-state index contributed by atoms with van der Waals surface area (Å²) in [4.78, 5) is 10.2. The van der Waals surface area contributed by atoms with E-state index in [0.717, 1.165) is 0 Å². The topological polar surface area (TPSA) is 38.3 Å². The van der Waals surface area contributed by atoms with Gasteiger partial charge in [0.15, 0.2) is 0 Å². The zero-order chi connectivity index (χ0) is 6.41. The number of carbonyl (C=O) groups is 1. The second kappa shape index (κ2) is 4.77. The summed E-state index contributed by atoms with van der Waals surface area (Å²) in [6, 6.07) is 0. The first-order valence-electron chi connectivity index (χ1n) is 2.26. The zero-order valence-corrected chi connectivity index (χ0v) is 5.57. The van der Waals surface area contributed by atoms with Crippen molar-refractivity contribution in [3.05, 3.63) is 0 Å². The van der Waals surface area contributed by atoms with Crippen molar-refractivity contribution in [1.82, 2.24) is 5.32 Å². The van der Waals surface area contributed by atoms with Crippen LogP contribution in [0.5, 0.6) is 0 Å². The molecular weight excluding hydrogens is 126 g/mol. The van der Waals surface area contributed by atoms with Crippen LogP contribution in [0.3, 0.4) is 0 Å². The van der Waals surface area contributed by atoms with Crippen LogP contribution in [0.4, 0.5) is 4.79 Å². The van der Waals surface area contributed by atoms with E-state index in [1.54, 1.807) is 0 Å². The molecule has 0 aromatic heterocycles. The Morgan fingerprint density at radius 3 is 2.88 bits per heavy atom. The summed E-state index contributed by atoms with van der Waals surface area (Å²) in [7, 11) is 1.51. The number of hydrogen-bond acceptors (Lipinski definition) is 3. The fraction of sp³-hybridized carbons (Fsp3) is 0.750. The largest absolute Gasteiger partial charge is 0.449 e. The molecule has 4 heteroatoms. The number of ether oxygens (including phenoxy) is 1. The van der Waals surface area contributed by atoms with E-state index in [1.165, 1.54) is 7.05 Å². The molecular formula is C4H9NO2S. The van der Waals surface area contributed by atoms with Gasteiger partial charge in [0.2, 0.25) is 0 Å². The predicted molar refractivity (Wildman–Crippen MR) is 34.3 cm³/mol. The lowest BCUT2D eigenvalue weighted by Gasteiger charge is -1.98. The predicted octanol–water partition coefficient (Wildman–Crippen LogP) is 0.272. The quantitative estimate of drug-likeness (QED) is 0.533. The standard InChI is InChI=1S/C4H9NO2S/c1-5-4(6)7-2-3-8/h8H,2-3H2,1H3,(H,5,6). The van der Waals surface area contributed by atoms with Gasteiger partial charge in [-0.3, -0.25) is 0 Å². The second-order valence-electron chi connectivity index (χ2n) is 1.11. The van der Waals surface area contributed by atoms with Crippen LogP contribution in [0.25, 0.3) is 0 Å². The summed E-state index contributed by atoms with van der Waals surface area (Å²) >= 11 is 3.83. The van der Waals surface area contributed by atoms with Crippen LogP contribution in [0, 0.1) is 0 Å². The van der Waals surface area contributed by atoms with Crippen molar-refractivity contribution in [2.45, 2.75) is 0 Å². The van der Waals surface area contributed by atoms with Crippen molar-refractivity contribution in [1.29, 1.82) is 0 Å². The van der Waals surface area contributed by atoms with Crippen LogP contribution in [0.2, 0.25) is 0 Å². The average Bonchev–Trinajstić information content (AvgIpc) is 1.83. The molecule has 0 bridgehead atoms. The molecule has 0 spiro atoms. The first kappa shape index (κ1) is 7.62. The molecule has 3 nitrogen and oxygen atoms in total. The molecule has 0 aliphatic rings. The van der Waals surface area contributed by atoms with Crippen LogP contribution in [-0.2, 0) is 4.74 Å². The minimum Gasteiger partial charge on any atom is -0.449 e. The number of hydrogen-bond donors (Lipinski definition) is 2. The fourth-order valence-corrected chi connectivity index (χ4v) is 0.302. The Morgan fingerprint density at radius 1 is 1.88 bits per heavy atom. The van der Waals surface area contributed by atoms with E-state index in [1.807, 2.05) is 0 Å². The van der Waals surface area contributed by atoms with Crippen molar-refractivity contribution in [2.75, 3.05) is 19.4 Å². The van der Waals surface area contributed by atoms with Crippen LogP contribution in [-0.4, -0.2) is 25.5 Å². The molecule has 0 unspecified atom stereocenters. The molecule has 0 fully saturated rings. The molecule has 0 heterocycles. The maximum Gasteiger partial charge on any atom is 0.406 e. The van der Waals surface area contributed by atoms with E-state index in [9.17, 15) is 4.79 Å². The molecule has 0 saturated carbocycles. The molecule has 1 amide bonds. The van der Waals surface area contributed by atoms with Gasteiger partial charge in [-0.25, -0.2) is 4.79 Å².